The van der Waals surface area contributed by atoms with Crippen LogP contribution in [0.15, 0.2) is 18.2 Å². The van der Waals surface area contributed by atoms with Gasteiger partial charge in [-0.2, -0.15) is 12.6 Å². The van der Waals surface area contributed by atoms with Gasteiger partial charge in [-0.3, -0.25) is 9.59 Å². The van der Waals surface area contributed by atoms with Gasteiger partial charge in [0.2, 0.25) is 11.8 Å². The van der Waals surface area contributed by atoms with Crippen molar-refractivity contribution in [3.8, 4) is 0 Å². The monoisotopic (exact) mass is 302 g/mol. The second-order valence-corrected chi connectivity index (χ2v) is 4.64. The predicted molar refractivity (Wildman–Crippen MR) is 74.4 cm³/mol. The minimum absolute atomic E-state index is 0.0719. The third-order valence-electron chi connectivity index (χ3n) is 2.54. The maximum atomic E-state index is 13.7. The summed E-state index contributed by atoms with van der Waals surface area (Å²) in [6.45, 7) is 1.64. The highest BCUT2D eigenvalue weighted by Gasteiger charge is 2.20. The summed E-state index contributed by atoms with van der Waals surface area (Å²) in [6.07, 6.45) is -0.129. The number of nitrogens with one attached hydrogen (secondary N) is 2. The van der Waals surface area contributed by atoms with Gasteiger partial charge in [0, 0.05) is 30.9 Å². The molecule has 7 heteroatoms. The molecular formula is C13H16F2N2O2S. The van der Waals surface area contributed by atoms with E-state index in [1.54, 1.807) is 0 Å². The van der Waals surface area contributed by atoms with Crippen LogP contribution in [0.25, 0.3) is 0 Å². The van der Waals surface area contributed by atoms with Crippen LogP contribution in [-0.2, 0) is 9.59 Å². The Morgan fingerprint density at radius 2 is 2.05 bits per heavy atom. The average Bonchev–Trinajstić information content (AvgIpc) is 2.35. The van der Waals surface area contributed by atoms with E-state index in [4.69, 9.17) is 0 Å². The molecule has 0 spiro atoms. The van der Waals surface area contributed by atoms with E-state index in [1.807, 2.05) is 0 Å². The lowest BCUT2D eigenvalue weighted by atomic mass is 10.0. The van der Waals surface area contributed by atoms with E-state index in [1.165, 1.54) is 13.0 Å². The van der Waals surface area contributed by atoms with Gasteiger partial charge in [0.25, 0.3) is 0 Å². The third-order valence-corrected chi connectivity index (χ3v) is 2.76. The van der Waals surface area contributed by atoms with Gasteiger partial charge in [-0.05, 0) is 6.07 Å². The summed E-state index contributed by atoms with van der Waals surface area (Å²) in [5.74, 6) is -1.79. The largest absolute Gasteiger partial charge is 0.355 e. The molecule has 1 aromatic rings. The van der Waals surface area contributed by atoms with Crippen LogP contribution in [0.2, 0.25) is 0 Å². The SMILES string of the molecule is CC(=O)NC(CC(=O)NCCS)c1ccc(F)cc1F. The number of thiol groups is 1. The fourth-order valence-corrected chi connectivity index (χ4v) is 1.83. The zero-order chi connectivity index (χ0) is 15.1. The van der Waals surface area contributed by atoms with Crippen LogP contribution >= 0.6 is 12.6 Å². The molecule has 0 aliphatic heterocycles. The van der Waals surface area contributed by atoms with E-state index < -0.39 is 23.6 Å². The highest BCUT2D eigenvalue weighted by Crippen LogP contribution is 2.21. The Labute approximate surface area is 121 Å². The van der Waals surface area contributed by atoms with Crippen molar-refractivity contribution in [2.75, 3.05) is 12.3 Å². The van der Waals surface area contributed by atoms with Crippen LogP contribution in [0.1, 0.15) is 24.9 Å². The molecule has 1 rings (SSSR count). The number of rotatable bonds is 6. The summed E-state index contributed by atoms with van der Waals surface area (Å²) in [4.78, 5) is 22.8. The molecule has 2 amide bonds. The molecule has 0 aliphatic rings. The number of hydrogen-bond acceptors (Lipinski definition) is 3. The first-order valence-corrected chi connectivity index (χ1v) is 6.67. The molecule has 110 valence electrons. The fourth-order valence-electron chi connectivity index (χ4n) is 1.72. The molecule has 1 atom stereocenters. The molecular weight excluding hydrogens is 286 g/mol. The van der Waals surface area contributed by atoms with Gasteiger partial charge in [0.05, 0.1) is 12.5 Å². The molecule has 0 aromatic heterocycles. The topological polar surface area (TPSA) is 58.2 Å². The molecule has 0 heterocycles. The van der Waals surface area contributed by atoms with Crippen molar-refractivity contribution in [3.63, 3.8) is 0 Å². The van der Waals surface area contributed by atoms with E-state index in [0.29, 0.717) is 12.3 Å². The first-order valence-electron chi connectivity index (χ1n) is 6.03. The van der Waals surface area contributed by atoms with Gasteiger partial charge in [0.15, 0.2) is 0 Å². The maximum absolute atomic E-state index is 13.7. The average molecular weight is 302 g/mol. The van der Waals surface area contributed by atoms with Crippen molar-refractivity contribution in [1.29, 1.82) is 0 Å². The van der Waals surface area contributed by atoms with Crippen molar-refractivity contribution in [3.05, 3.63) is 35.4 Å². The van der Waals surface area contributed by atoms with Crippen molar-refractivity contribution in [1.82, 2.24) is 10.6 Å². The summed E-state index contributed by atoms with van der Waals surface area (Å²) in [5, 5.41) is 5.06. The number of carbonyl (C=O) groups excluding carboxylic acids is 2. The second-order valence-electron chi connectivity index (χ2n) is 4.20. The van der Waals surface area contributed by atoms with Crippen molar-refractivity contribution < 1.29 is 18.4 Å². The molecule has 20 heavy (non-hydrogen) atoms. The molecule has 1 aromatic carbocycles. The van der Waals surface area contributed by atoms with Gasteiger partial charge in [-0.15, -0.1) is 0 Å². The van der Waals surface area contributed by atoms with E-state index in [0.717, 1.165) is 12.1 Å². The molecule has 2 N–H and O–H groups in total. The minimum atomic E-state index is -0.840. The van der Waals surface area contributed by atoms with Gasteiger partial charge >= 0.3 is 0 Å². The summed E-state index contributed by atoms with van der Waals surface area (Å²) < 4.78 is 26.6. The van der Waals surface area contributed by atoms with Crippen LogP contribution in [0.3, 0.4) is 0 Å². The highest BCUT2D eigenvalue weighted by atomic mass is 32.1. The van der Waals surface area contributed by atoms with E-state index >= 15 is 0 Å². The van der Waals surface area contributed by atoms with Crippen LogP contribution in [-0.4, -0.2) is 24.1 Å². The molecule has 0 fully saturated rings. The molecule has 0 bridgehead atoms. The lowest BCUT2D eigenvalue weighted by molar-refractivity contribution is -0.122. The Morgan fingerprint density at radius 3 is 2.60 bits per heavy atom. The standard InChI is InChI=1S/C13H16F2N2O2S/c1-8(18)17-12(7-13(19)16-4-5-20)10-3-2-9(14)6-11(10)15/h2-3,6,12,20H,4-5,7H2,1H3,(H,16,19)(H,17,18). The van der Waals surface area contributed by atoms with Crippen molar-refractivity contribution in [2.24, 2.45) is 0 Å². The Kier molecular flexibility index (Phi) is 6.44. The van der Waals surface area contributed by atoms with E-state index in [9.17, 15) is 18.4 Å². The molecule has 0 saturated heterocycles. The Balaban J connectivity index is 2.88. The highest BCUT2D eigenvalue weighted by molar-refractivity contribution is 7.80. The van der Waals surface area contributed by atoms with E-state index in [2.05, 4.69) is 23.3 Å². The van der Waals surface area contributed by atoms with Crippen LogP contribution < -0.4 is 10.6 Å². The van der Waals surface area contributed by atoms with Crippen LogP contribution in [0.4, 0.5) is 8.78 Å². The number of carbonyl (C=O) groups is 2. The molecule has 0 aliphatic carbocycles. The molecule has 1 unspecified atom stereocenters. The smallest absolute Gasteiger partial charge is 0.222 e. The Bertz CT molecular complexity index is 497. The summed E-state index contributed by atoms with van der Waals surface area (Å²) in [6, 6.07) is 2.18. The first kappa shape index (κ1) is 16.4. The summed E-state index contributed by atoms with van der Waals surface area (Å²) in [5.41, 5.74) is 0.0719. The fraction of sp³-hybridized carbons (Fsp3) is 0.385. The first-order chi connectivity index (χ1) is 9.43. The second kappa shape index (κ2) is 7.84. The van der Waals surface area contributed by atoms with Gasteiger partial charge in [-0.1, -0.05) is 6.07 Å². The van der Waals surface area contributed by atoms with Crippen LogP contribution in [0, 0.1) is 11.6 Å². The normalized spacial score (nSPS) is 11.8. The van der Waals surface area contributed by atoms with Gasteiger partial charge in [0.1, 0.15) is 11.6 Å². The third kappa shape index (κ3) is 5.16. The number of amides is 2. The lowest BCUT2D eigenvalue weighted by Crippen LogP contribution is -2.33. The zero-order valence-electron chi connectivity index (χ0n) is 11.0. The molecule has 0 saturated carbocycles. The van der Waals surface area contributed by atoms with Gasteiger partial charge < -0.3 is 10.6 Å². The summed E-state index contributed by atoms with van der Waals surface area (Å²) >= 11 is 3.95. The van der Waals surface area contributed by atoms with Crippen LogP contribution in [0.5, 0.6) is 0 Å². The van der Waals surface area contributed by atoms with Gasteiger partial charge in [-0.25, -0.2) is 8.78 Å². The Hall–Kier alpha value is -1.63. The summed E-state index contributed by atoms with van der Waals surface area (Å²) in [7, 11) is 0. The number of halogens is 2. The minimum Gasteiger partial charge on any atom is -0.355 e. The molecule has 0 radical (unpaired) electrons. The lowest BCUT2D eigenvalue weighted by Gasteiger charge is -2.18. The van der Waals surface area contributed by atoms with E-state index in [-0.39, 0.29) is 17.9 Å². The Morgan fingerprint density at radius 1 is 1.35 bits per heavy atom. The zero-order valence-corrected chi connectivity index (χ0v) is 11.8. The quantitative estimate of drug-likeness (QED) is 0.699. The molecule has 4 nitrogen and oxygen atoms in total. The number of hydrogen-bond donors (Lipinski definition) is 3. The van der Waals surface area contributed by atoms with Crippen molar-refractivity contribution in [2.45, 2.75) is 19.4 Å². The van der Waals surface area contributed by atoms with Crippen molar-refractivity contribution >= 4 is 24.4 Å². The predicted octanol–water partition coefficient (Wildman–Crippen LogP) is 1.58. The number of benzene rings is 1. The maximum Gasteiger partial charge on any atom is 0.222 e.